The molecule has 0 heterocycles. The minimum atomic E-state index is 0.847. The van der Waals surface area contributed by atoms with E-state index in [9.17, 15) is 0 Å². The lowest BCUT2D eigenvalue weighted by Crippen LogP contribution is -2.26. The van der Waals surface area contributed by atoms with Gasteiger partial charge in [0, 0.05) is 4.83 Å². The van der Waals surface area contributed by atoms with Gasteiger partial charge in [-0.2, -0.15) is 0 Å². The zero-order valence-corrected chi connectivity index (χ0v) is 5.87. The first-order valence-corrected chi connectivity index (χ1v) is 3.89. The molecule has 0 aromatic carbocycles. The zero-order valence-electron chi connectivity index (χ0n) is 4.28. The van der Waals surface area contributed by atoms with Crippen LogP contribution in [0.2, 0.25) is 0 Å². The van der Waals surface area contributed by atoms with Gasteiger partial charge in [-0.25, -0.2) is 0 Å². The second-order valence-corrected chi connectivity index (χ2v) is 3.97. The van der Waals surface area contributed by atoms with Crippen molar-refractivity contribution in [1.29, 1.82) is 0 Å². The molecular weight excluding hydrogens is 152 g/mol. The van der Waals surface area contributed by atoms with Crippen molar-refractivity contribution in [3.05, 3.63) is 0 Å². The van der Waals surface area contributed by atoms with Crippen molar-refractivity contribution in [1.82, 2.24) is 0 Å². The standard InChI is InChI=1S/C6H9Br/c7-5-1-2-6(5)3-4-6/h5H,1-4H2. The van der Waals surface area contributed by atoms with Crippen molar-refractivity contribution < 1.29 is 0 Å². The molecule has 1 spiro atoms. The highest BCUT2D eigenvalue weighted by Crippen LogP contribution is 2.63. The molecule has 0 aromatic rings. The van der Waals surface area contributed by atoms with Crippen LogP contribution in [0.25, 0.3) is 0 Å². The Bertz CT molecular complexity index is 94.4. The Labute approximate surface area is 52.4 Å². The van der Waals surface area contributed by atoms with Gasteiger partial charge in [0.05, 0.1) is 0 Å². The Morgan fingerprint density at radius 1 is 1.29 bits per heavy atom. The van der Waals surface area contributed by atoms with Gasteiger partial charge in [0.15, 0.2) is 0 Å². The van der Waals surface area contributed by atoms with E-state index in [2.05, 4.69) is 15.9 Å². The minimum absolute atomic E-state index is 0.847. The molecule has 2 aliphatic rings. The average Bonchev–Trinajstić information content (AvgIpc) is 2.40. The molecule has 1 heteroatoms. The number of hydrogen-bond acceptors (Lipinski definition) is 0. The van der Waals surface area contributed by atoms with Crippen LogP contribution in [0.4, 0.5) is 0 Å². The van der Waals surface area contributed by atoms with Crippen LogP contribution in [0.3, 0.4) is 0 Å². The summed E-state index contributed by atoms with van der Waals surface area (Å²) in [5.74, 6) is 0. The Balaban J connectivity index is 2.09. The Kier molecular flexibility index (Phi) is 0.668. The van der Waals surface area contributed by atoms with Crippen LogP contribution in [-0.2, 0) is 0 Å². The number of hydrogen-bond donors (Lipinski definition) is 0. The van der Waals surface area contributed by atoms with E-state index in [1.807, 2.05) is 0 Å². The third-order valence-electron chi connectivity index (χ3n) is 2.45. The summed E-state index contributed by atoms with van der Waals surface area (Å²) in [7, 11) is 0. The molecule has 0 amide bonds. The number of rotatable bonds is 0. The summed E-state index contributed by atoms with van der Waals surface area (Å²) in [6, 6.07) is 0. The van der Waals surface area contributed by atoms with E-state index in [4.69, 9.17) is 0 Å². The van der Waals surface area contributed by atoms with Crippen molar-refractivity contribution in [2.45, 2.75) is 30.5 Å². The molecule has 7 heavy (non-hydrogen) atoms. The largest absolute Gasteiger partial charge is 0.0885 e. The van der Waals surface area contributed by atoms with Gasteiger partial charge in [-0.15, -0.1) is 0 Å². The normalized spacial score (nSPS) is 43.3. The van der Waals surface area contributed by atoms with Gasteiger partial charge in [0.2, 0.25) is 0 Å². The highest BCUT2D eigenvalue weighted by atomic mass is 79.9. The summed E-state index contributed by atoms with van der Waals surface area (Å²) in [5, 5.41) is 0. The quantitative estimate of drug-likeness (QED) is 0.478. The van der Waals surface area contributed by atoms with E-state index in [0.717, 1.165) is 10.2 Å². The van der Waals surface area contributed by atoms with Crippen LogP contribution in [0.15, 0.2) is 0 Å². The maximum absolute atomic E-state index is 3.64. The molecule has 0 aliphatic heterocycles. The molecule has 0 bridgehead atoms. The van der Waals surface area contributed by atoms with Crippen molar-refractivity contribution >= 4 is 15.9 Å². The SMILES string of the molecule is BrC1CCC12CC2. The van der Waals surface area contributed by atoms with Crippen molar-refractivity contribution in [3.8, 4) is 0 Å². The molecule has 1 atom stereocenters. The monoisotopic (exact) mass is 160 g/mol. The molecule has 2 rings (SSSR count). The summed E-state index contributed by atoms with van der Waals surface area (Å²) in [4.78, 5) is 0.903. The van der Waals surface area contributed by atoms with Gasteiger partial charge in [0.1, 0.15) is 0 Å². The Morgan fingerprint density at radius 3 is 2.00 bits per heavy atom. The summed E-state index contributed by atoms with van der Waals surface area (Å²) in [6.07, 6.45) is 5.94. The van der Waals surface area contributed by atoms with E-state index in [1.165, 1.54) is 25.7 Å². The molecule has 0 nitrogen and oxygen atoms in total. The van der Waals surface area contributed by atoms with Gasteiger partial charge in [-0.1, -0.05) is 15.9 Å². The highest BCUT2D eigenvalue weighted by molar-refractivity contribution is 9.09. The Hall–Kier alpha value is 0.480. The van der Waals surface area contributed by atoms with Crippen LogP contribution in [0, 0.1) is 5.41 Å². The van der Waals surface area contributed by atoms with Crippen molar-refractivity contribution in [2.75, 3.05) is 0 Å². The van der Waals surface area contributed by atoms with E-state index in [1.54, 1.807) is 0 Å². The first-order valence-electron chi connectivity index (χ1n) is 2.98. The van der Waals surface area contributed by atoms with Gasteiger partial charge < -0.3 is 0 Å². The predicted octanol–water partition coefficient (Wildman–Crippen LogP) is 2.32. The lowest BCUT2D eigenvalue weighted by atomic mass is 9.82. The van der Waals surface area contributed by atoms with E-state index < -0.39 is 0 Å². The highest BCUT2D eigenvalue weighted by Gasteiger charge is 2.54. The van der Waals surface area contributed by atoms with Gasteiger partial charge in [0.25, 0.3) is 0 Å². The van der Waals surface area contributed by atoms with Crippen LogP contribution >= 0.6 is 15.9 Å². The number of halogens is 1. The average molecular weight is 161 g/mol. The fourth-order valence-corrected chi connectivity index (χ4v) is 2.30. The maximum atomic E-state index is 3.64. The molecule has 40 valence electrons. The third kappa shape index (κ3) is 0.426. The second-order valence-electron chi connectivity index (χ2n) is 2.87. The number of alkyl halides is 1. The molecule has 0 N–H and O–H groups in total. The van der Waals surface area contributed by atoms with Crippen LogP contribution < -0.4 is 0 Å². The molecular formula is C6H9Br. The smallest absolute Gasteiger partial charge is 0.0202 e. The molecule has 1 unspecified atom stereocenters. The molecule has 0 radical (unpaired) electrons. The lowest BCUT2D eigenvalue weighted by molar-refractivity contribution is 0.311. The minimum Gasteiger partial charge on any atom is -0.0885 e. The molecule has 2 saturated carbocycles. The van der Waals surface area contributed by atoms with E-state index in [0.29, 0.717) is 0 Å². The van der Waals surface area contributed by atoms with Crippen LogP contribution in [0.1, 0.15) is 25.7 Å². The van der Waals surface area contributed by atoms with Crippen LogP contribution in [-0.4, -0.2) is 4.83 Å². The summed E-state index contributed by atoms with van der Waals surface area (Å²) in [6.45, 7) is 0. The summed E-state index contributed by atoms with van der Waals surface area (Å²) in [5.41, 5.74) is 0.847. The lowest BCUT2D eigenvalue weighted by Gasteiger charge is -2.32. The molecule has 0 saturated heterocycles. The second kappa shape index (κ2) is 1.07. The van der Waals surface area contributed by atoms with Gasteiger partial charge in [-0.05, 0) is 31.1 Å². The molecule has 2 aliphatic carbocycles. The third-order valence-corrected chi connectivity index (χ3v) is 3.88. The fourth-order valence-electron chi connectivity index (χ4n) is 1.39. The maximum Gasteiger partial charge on any atom is 0.0202 e. The van der Waals surface area contributed by atoms with Crippen molar-refractivity contribution in [2.24, 2.45) is 5.41 Å². The summed E-state index contributed by atoms with van der Waals surface area (Å²) < 4.78 is 0. The van der Waals surface area contributed by atoms with Crippen LogP contribution in [0.5, 0.6) is 0 Å². The van der Waals surface area contributed by atoms with Gasteiger partial charge >= 0.3 is 0 Å². The van der Waals surface area contributed by atoms with Gasteiger partial charge in [-0.3, -0.25) is 0 Å². The summed E-state index contributed by atoms with van der Waals surface area (Å²) >= 11 is 3.64. The van der Waals surface area contributed by atoms with E-state index in [-0.39, 0.29) is 0 Å². The first-order chi connectivity index (χ1) is 3.33. The zero-order chi connectivity index (χ0) is 4.91. The van der Waals surface area contributed by atoms with E-state index >= 15 is 0 Å². The first kappa shape index (κ1) is 4.37. The van der Waals surface area contributed by atoms with Crippen molar-refractivity contribution in [3.63, 3.8) is 0 Å². The molecule has 2 fully saturated rings. The predicted molar refractivity (Wildman–Crippen MR) is 33.6 cm³/mol. The fraction of sp³-hybridized carbons (Fsp3) is 1.00. The molecule has 0 aromatic heterocycles. The Morgan fingerprint density at radius 2 is 2.00 bits per heavy atom. The topological polar surface area (TPSA) is 0 Å².